The van der Waals surface area contributed by atoms with Crippen molar-refractivity contribution in [3.63, 3.8) is 0 Å². The maximum atomic E-state index is 12.2. The van der Waals surface area contributed by atoms with Crippen molar-refractivity contribution in [2.75, 3.05) is 12.8 Å². The van der Waals surface area contributed by atoms with Gasteiger partial charge in [0.25, 0.3) is 0 Å². The molecular formula is C18H16N6O4. The Morgan fingerprint density at radius 1 is 1.14 bits per heavy atom. The second kappa shape index (κ2) is 8.45. The Morgan fingerprint density at radius 2 is 1.93 bits per heavy atom. The van der Waals surface area contributed by atoms with Crippen LogP contribution in [0.1, 0.15) is 21.6 Å². The van der Waals surface area contributed by atoms with Gasteiger partial charge in [-0.15, -0.1) is 5.10 Å². The van der Waals surface area contributed by atoms with Gasteiger partial charge >= 0.3 is 5.97 Å². The number of hydrogen-bond acceptors (Lipinski definition) is 9. The molecular weight excluding hydrogens is 364 g/mol. The van der Waals surface area contributed by atoms with Gasteiger partial charge in [-0.3, -0.25) is 0 Å². The summed E-state index contributed by atoms with van der Waals surface area (Å²) in [6.45, 7) is 0. The highest BCUT2D eigenvalue weighted by Crippen LogP contribution is 2.28. The normalized spacial score (nSPS) is 11.5. The van der Waals surface area contributed by atoms with E-state index in [4.69, 9.17) is 20.9 Å². The molecule has 3 rings (SSSR count). The van der Waals surface area contributed by atoms with E-state index in [-0.39, 0.29) is 23.1 Å². The number of carbonyl (C=O) groups is 1. The Bertz CT molecular complexity index is 1030. The SMILES string of the molecule is COc1cc(C=NN=C(N)c2nonc2N)ccc1OC(=O)c1ccccc1. The maximum Gasteiger partial charge on any atom is 0.343 e. The van der Waals surface area contributed by atoms with Crippen LogP contribution in [-0.2, 0) is 0 Å². The van der Waals surface area contributed by atoms with Crippen molar-refractivity contribution in [2.24, 2.45) is 15.9 Å². The number of amidine groups is 1. The summed E-state index contributed by atoms with van der Waals surface area (Å²) in [6.07, 6.45) is 1.43. The summed E-state index contributed by atoms with van der Waals surface area (Å²) in [4.78, 5) is 12.2. The standard InChI is InChI=1S/C18H16N6O4/c1-26-14-9-11(10-21-22-16(19)15-17(20)24-28-23-15)7-8-13(14)27-18(25)12-5-3-2-4-6-12/h2-10H,1H3,(H2,19,22)(H2,20,24). The van der Waals surface area contributed by atoms with E-state index in [1.54, 1.807) is 42.5 Å². The second-order valence-corrected chi connectivity index (χ2v) is 5.39. The largest absolute Gasteiger partial charge is 0.493 e. The lowest BCUT2D eigenvalue weighted by Crippen LogP contribution is -2.15. The van der Waals surface area contributed by atoms with Crippen molar-refractivity contribution in [3.05, 3.63) is 65.4 Å². The number of esters is 1. The first kappa shape index (κ1) is 18.6. The number of rotatable bonds is 6. The summed E-state index contributed by atoms with van der Waals surface area (Å²) in [5.41, 5.74) is 12.4. The molecule has 0 bridgehead atoms. The molecule has 4 N–H and O–H groups in total. The van der Waals surface area contributed by atoms with E-state index in [1.807, 2.05) is 6.07 Å². The molecule has 0 aliphatic carbocycles. The van der Waals surface area contributed by atoms with E-state index < -0.39 is 5.97 Å². The highest BCUT2D eigenvalue weighted by atomic mass is 16.6. The lowest BCUT2D eigenvalue weighted by atomic mass is 10.2. The van der Waals surface area contributed by atoms with Gasteiger partial charge < -0.3 is 20.9 Å². The van der Waals surface area contributed by atoms with Crippen molar-refractivity contribution >= 4 is 23.8 Å². The van der Waals surface area contributed by atoms with Crippen LogP contribution in [0.2, 0.25) is 0 Å². The highest BCUT2D eigenvalue weighted by molar-refractivity contribution is 5.99. The van der Waals surface area contributed by atoms with Crippen molar-refractivity contribution in [1.82, 2.24) is 10.3 Å². The Hall–Kier alpha value is -4.21. The lowest BCUT2D eigenvalue weighted by molar-refractivity contribution is 0.0729. The van der Waals surface area contributed by atoms with Crippen LogP contribution in [-0.4, -0.2) is 35.4 Å². The molecule has 3 aromatic rings. The van der Waals surface area contributed by atoms with E-state index in [2.05, 4.69) is 25.1 Å². The molecule has 28 heavy (non-hydrogen) atoms. The highest BCUT2D eigenvalue weighted by Gasteiger charge is 2.13. The topological polar surface area (TPSA) is 151 Å². The molecule has 10 nitrogen and oxygen atoms in total. The molecule has 1 heterocycles. The van der Waals surface area contributed by atoms with Crippen molar-refractivity contribution in [2.45, 2.75) is 0 Å². The monoisotopic (exact) mass is 380 g/mol. The number of aromatic nitrogens is 2. The number of nitrogens with zero attached hydrogens (tertiary/aromatic N) is 4. The fourth-order valence-corrected chi connectivity index (χ4v) is 2.16. The molecule has 142 valence electrons. The van der Waals surface area contributed by atoms with Gasteiger partial charge in [-0.2, -0.15) is 5.10 Å². The second-order valence-electron chi connectivity index (χ2n) is 5.39. The summed E-state index contributed by atoms with van der Waals surface area (Å²) < 4.78 is 15.1. The molecule has 0 radical (unpaired) electrons. The van der Waals surface area contributed by atoms with Crippen LogP contribution in [0.4, 0.5) is 5.82 Å². The van der Waals surface area contributed by atoms with E-state index in [9.17, 15) is 4.79 Å². The minimum atomic E-state index is -0.489. The van der Waals surface area contributed by atoms with Gasteiger partial charge in [-0.05, 0) is 46.2 Å². The first-order valence-corrected chi connectivity index (χ1v) is 7.98. The molecule has 0 atom stereocenters. The number of methoxy groups -OCH3 is 1. The third-order valence-electron chi connectivity index (χ3n) is 3.53. The van der Waals surface area contributed by atoms with Crippen molar-refractivity contribution < 1.29 is 18.9 Å². The average molecular weight is 380 g/mol. The summed E-state index contributed by atoms with van der Waals surface area (Å²) in [7, 11) is 1.46. The summed E-state index contributed by atoms with van der Waals surface area (Å²) in [5.74, 6) is 0.114. The zero-order chi connectivity index (χ0) is 19.9. The van der Waals surface area contributed by atoms with Crippen LogP contribution < -0.4 is 20.9 Å². The van der Waals surface area contributed by atoms with Crippen LogP contribution in [0, 0.1) is 0 Å². The summed E-state index contributed by atoms with van der Waals surface area (Å²) in [6, 6.07) is 13.5. The summed E-state index contributed by atoms with van der Waals surface area (Å²) in [5, 5.41) is 14.6. The Balaban J connectivity index is 1.74. The quantitative estimate of drug-likeness (QED) is 0.215. The van der Waals surface area contributed by atoms with Crippen LogP contribution in [0.15, 0.2) is 63.4 Å². The third-order valence-corrected chi connectivity index (χ3v) is 3.53. The predicted molar refractivity (Wildman–Crippen MR) is 101 cm³/mol. The number of anilines is 1. The Labute approximate surface area is 159 Å². The van der Waals surface area contributed by atoms with E-state index >= 15 is 0 Å². The predicted octanol–water partition coefficient (Wildman–Crippen LogP) is 1.62. The van der Waals surface area contributed by atoms with E-state index in [1.165, 1.54) is 13.3 Å². The van der Waals surface area contributed by atoms with Gasteiger partial charge in [-0.1, -0.05) is 18.2 Å². The molecule has 0 aliphatic heterocycles. The number of hydrogen-bond donors (Lipinski definition) is 2. The molecule has 0 saturated heterocycles. The molecule has 0 unspecified atom stereocenters. The molecule has 1 aromatic heterocycles. The number of nitrogens with two attached hydrogens (primary N) is 2. The third kappa shape index (κ3) is 4.30. The first-order valence-electron chi connectivity index (χ1n) is 7.98. The summed E-state index contributed by atoms with van der Waals surface area (Å²) >= 11 is 0. The molecule has 10 heteroatoms. The van der Waals surface area contributed by atoms with E-state index in [0.29, 0.717) is 16.9 Å². The van der Waals surface area contributed by atoms with Gasteiger partial charge in [0.1, 0.15) is 0 Å². The Kier molecular flexibility index (Phi) is 5.60. The zero-order valence-electron chi connectivity index (χ0n) is 14.8. The van der Waals surface area contributed by atoms with Gasteiger partial charge in [-0.25, -0.2) is 9.42 Å². The Morgan fingerprint density at radius 3 is 2.61 bits per heavy atom. The molecule has 0 aliphatic rings. The number of nitrogen functional groups attached to an aromatic ring is 1. The van der Waals surface area contributed by atoms with Crippen LogP contribution in [0.5, 0.6) is 11.5 Å². The number of ether oxygens (including phenoxy) is 2. The smallest absolute Gasteiger partial charge is 0.343 e. The van der Waals surface area contributed by atoms with Crippen LogP contribution in [0.25, 0.3) is 0 Å². The maximum absolute atomic E-state index is 12.2. The van der Waals surface area contributed by atoms with Crippen LogP contribution >= 0.6 is 0 Å². The average Bonchev–Trinajstić information content (AvgIpc) is 3.15. The van der Waals surface area contributed by atoms with Gasteiger partial charge in [0.05, 0.1) is 18.9 Å². The molecule has 0 amide bonds. The fourth-order valence-electron chi connectivity index (χ4n) is 2.16. The van der Waals surface area contributed by atoms with Crippen molar-refractivity contribution in [1.29, 1.82) is 0 Å². The van der Waals surface area contributed by atoms with Gasteiger partial charge in [0.2, 0.25) is 0 Å². The molecule has 0 spiro atoms. The number of benzene rings is 2. The molecule has 0 saturated carbocycles. The molecule has 2 aromatic carbocycles. The van der Waals surface area contributed by atoms with Gasteiger partial charge in [0.15, 0.2) is 28.8 Å². The zero-order valence-corrected chi connectivity index (χ0v) is 14.8. The van der Waals surface area contributed by atoms with E-state index in [0.717, 1.165) is 0 Å². The lowest BCUT2D eigenvalue weighted by Gasteiger charge is -2.09. The molecule has 0 fully saturated rings. The first-order chi connectivity index (χ1) is 13.6. The minimum absolute atomic E-state index is 0.0164. The van der Waals surface area contributed by atoms with Crippen molar-refractivity contribution in [3.8, 4) is 11.5 Å². The minimum Gasteiger partial charge on any atom is -0.493 e. The van der Waals surface area contributed by atoms with Crippen LogP contribution in [0.3, 0.4) is 0 Å². The number of carbonyl (C=O) groups excluding carboxylic acids is 1. The fraction of sp³-hybridized carbons (Fsp3) is 0.0556. The van der Waals surface area contributed by atoms with Gasteiger partial charge in [0, 0.05) is 0 Å².